The van der Waals surface area contributed by atoms with Gasteiger partial charge in [-0.05, 0) is 43.6 Å². The van der Waals surface area contributed by atoms with Gasteiger partial charge in [-0.3, -0.25) is 0 Å². The summed E-state index contributed by atoms with van der Waals surface area (Å²) >= 11 is 0. The predicted molar refractivity (Wildman–Crippen MR) is 84.0 cm³/mol. The number of aryl methyl sites for hydroxylation is 1. The molecule has 1 atom stereocenters. The second kappa shape index (κ2) is 5.45. The molecule has 106 valence electrons. The first-order valence-electron chi connectivity index (χ1n) is 7.66. The zero-order chi connectivity index (χ0) is 14.0. The molecule has 0 aliphatic carbocycles. The van der Waals surface area contributed by atoms with Gasteiger partial charge in [0.25, 0.3) is 0 Å². The van der Waals surface area contributed by atoms with Crippen LogP contribution in [0.2, 0.25) is 0 Å². The monoisotopic (exact) mass is 268 g/mol. The summed E-state index contributed by atoms with van der Waals surface area (Å²) in [6.45, 7) is 5.82. The largest absolute Gasteiger partial charge is 0.354 e. The van der Waals surface area contributed by atoms with Crippen molar-refractivity contribution in [2.45, 2.75) is 25.2 Å². The van der Waals surface area contributed by atoms with Crippen LogP contribution in [-0.2, 0) is 12.5 Å². The molecule has 0 N–H and O–H groups in total. The van der Waals surface area contributed by atoms with E-state index in [-0.39, 0.29) is 5.41 Å². The van der Waals surface area contributed by atoms with E-state index < -0.39 is 0 Å². The van der Waals surface area contributed by atoms with E-state index in [2.05, 4.69) is 72.1 Å². The van der Waals surface area contributed by atoms with Crippen LogP contribution in [-0.4, -0.2) is 29.1 Å². The Hall–Kier alpha value is -1.54. The van der Waals surface area contributed by atoms with Gasteiger partial charge in [0.05, 0.1) is 0 Å². The summed E-state index contributed by atoms with van der Waals surface area (Å²) in [5, 5.41) is 0. The molecule has 2 nitrogen and oxygen atoms in total. The Balaban J connectivity index is 2.04. The lowest BCUT2D eigenvalue weighted by Gasteiger charge is -2.31. The van der Waals surface area contributed by atoms with Crippen LogP contribution in [0.3, 0.4) is 0 Å². The molecule has 1 aliphatic heterocycles. The molecule has 1 aromatic carbocycles. The fourth-order valence-corrected chi connectivity index (χ4v) is 3.70. The van der Waals surface area contributed by atoms with E-state index in [1.54, 1.807) is 0 Å². The van der Waals surface area contributed by atoms with Gasteiger partial charge in [0.2, 0.25) is 0 Å². The molecule has 1 saturated heterocycles. The molecule has 0 bridgehead atoms. The van der Waals surface area contributed by atoms with Crippen LogP contribution in [0.15, 0.2) is 48.7 Å². The quantitative estimate of drug-likeness (QED) is 0.825. The number of hydrogen-bond acceptors (Lipinski definition) is 1. The van der Waals surface area contributed by atoms with Crippen LogP contribution < -0.4 is 0 Å². The van der Waals surface area contributed by atoms with Crippen molar-refractivity contribution in [1.82, 2.24) is 9.47 Å². The Morgan fingerprint density at radius 1 is 1.10 bits per heavy atom. The smallest absolute Gasteiger partial charge is 0.0494 e. The normalized spacial score (nSPS) is 23.3. The first kappa shape index (κ1) is 13.4. The lowest BCUT2D eigenvalue weighted by atomic mass is 9.76. The minimum Gasteiger partial charge on any atom is -0.354 e. The SMILES string of the molecule is CCCN1CCC(c2ccccc2)(c2cccn2C)C1. The first-order chi connectivity index (χ1) is 9.76. The molecule has 2 heterocycles. The lowest BCUT2D eigenvalue weighted by Crippen LogP contribution is -2.34. The van der Waals surface area contributed by atoms with Crippen molar-refractivity contribution in [3.8, 4) is 0 Å². The van der Waals surface area contributed by atoms with Gasteiger partial charge in [-0.1, -0.05) is 37.3 Å². The van der Waals surface area contributed by atoms with Gasteiger partial charge in [-0.25, -0.2) is 0 Å². The van der Waals surface area contributed by atoms with Crippen LogP contribution in [0.4, 0.5) is 0 Å². The Bertz CT molecular complexity index is 558. The van der Waals surface area contributed by atoms with Gasteiger partial charge in [-0.15, -0.1) is 0 Å². The summed E-state index contributed by atoms with van der Waals surface area (Å²) in [7, 11) is 2.17. The summed E-state index contributed by atoms with van der Waals surface area (Å²) in [6, 6.07) is 15.5. The molecule has 2 heteroatoms. The Morgan fingerprint density at radius 2 is 1.90 bits per heavy atom. The topological polar surface area (TPSA) is 8.17 Å². The minimum absolute atomic E-state index is 0.161. The van der Waals surface area contributed by atoms with E-state index in [1.807, 2.05) is 0 Å². The van der Waals surface area contributed by atoms with Gasteiger partial charge < -0.3 is 9.47 Å². The standard InChI is InChI=1S/C18H24N2/c1-3-12-20-14-11-18(15-20,16-8-5-4-6-9-16)17-10-7-13-19(17)2/h4-10,13H,3,11-12,14-15H2,1-2H3. The number of rotatable bonds is 4. The first-order valence-corrected chi connectivity index (χ1v) is 7.66. The zero-order valence-corrected chi connectivity index (χ0v) is 12.5. The van der Waals surface area contributed by atoms with Crippen LogP contribution in [0.25, 0.3) is 0 Å². The fourth-order valence-electron chi connectivity index (χ4n) is 3.70. The van der Waals surface area contributed by atoms with Crippen LogP contribution in [0.5, 0.6) is 0 Å². The lowest BCUT2D eigenvalue weighted by molar-refractivity contribution is 0.320. The summed E-state index contributed by atoms with van der Waals surface area (Å²) in [4.78, 5) is 2.61. The van der Waals surface area contributed by atoms with E-state index in [1.165, 1.54) is 37.2 Å². The third kappa shape index (κ3) is 2.18. The van der Waals surface area contributed by atoms with E-state index in [0.717, 1.165) is 6.54 Å². The van der Waals surface area contributed by atoms with Gasteiger partial charge in [0, 0.05) is 30.9 Å². The number of nitrogens with zero attached hydrogens (tertiary/aromatic N) is 2. The third-order valence-corrected chi connectivity index (χ3v) is 4.65. The molecule has 1 fully saturated rings. The average Bonchev–Trinajstić information content (AvgIpc) is 3.08. The molecule has 0 saturated carbocycles. The van der Waals surface area contributed by atoms with Gasteiger partial charge in [-0.2, -0.15) is 0 Å². The number of hydrogen-bond donors (Lipinski definition) is 0. The molecule has 2 aromatic rings. The number of benzene rings is 1. The molecular weight excluding hydrogens is 244 g/mol. The second-order valence-electron chi connectivity index (χ2n) is 5.98. The summed E-state index contributed by atoms with van der Waals surface area (Å²) < 4.78 is 2.29. The Morgan fingerprint density at radius 3 is 2.55 bits per heavy atom. The van der Waals surface area contributed by atoms with E-state index in [9.17, 15) is 0 Å². The highest BCUT2D eigenvalue weighted by atomic mass is 15.2. The average molecular weight is 268 g/mol. The highest BCUT2D eigenvalue weighted by molar-refractivity contribution is 5.38. The van der Waals surface area contributed by atoms with Crippen molar-refractivity contribution in [2.75, 3.05) is 19.6 Å². The Kier molecular flexibility index (Phi) is 3.66. The van der Waals surface area contributed by atoms with Gasteiger partial charge >= 0.3 is 0 Å². The maximum absolute atomic E-state index is 2.61. The molecule has 0 spiro atoms. The summed E-state index contributed by atoms with van der Waals surface area (Å²) in [5.74, 6) is 0. The summed E-state index contributed by atoms with van der Waals surface area (Å²) in [6.07, 6.45) is 4.62. The molecule has 1 unspecified atom stereocenters. The zero-order valence-electron chi connectivity index (χ0n) is 12.5. The third-order valence-electron chi connectivity index (χ3n) is 4.65. The van der Waals surface area contributed by atoms with Crippen molar-refractivity contribution in [3.05, 3.63) is 59.9 Å². The molecule has 1 aliphatic rings. The highest BCUT2D eigenvalue weighted by Crippen LogP contribution is 2.40. The molecular formula is C18H24N2. The van der Waals surface area contributed by atoms with Gasteiger partial charge in [0.15, 0.2) is 0 Å². The molecule has 1 aromatic heterocycles. The van der Waals surface area contributed by atoms with Crippen LogP contribution in [0, 0.1) is 0 Å². The van der Waals surface area contributed by atoms with E-state index in [0.29, 0.717) is 0 Å². The highest BCUT2D eigenvalue weighted by Gasteiger charge is 2.42. The molecule has 0 amide bonds. The van der Waals surface area contributed by atoms with Crippen molar-refractivity contribution in [3.63, 3.8) is 0 Å². The fraction of sp³-hybridized carbons (Fsp3) is 0.444. The van der Waals surface area contributed by atoms with Crippen LogP contribution in [0.1, 0.15) is 31.0 Å². The van der Waals surface area contributed by atoms with E-state index in [4.69, 9.17) is 0 Å². The second-order valence-corrected chi connectivity index (χ2v) is 5.98. The van der Waals surface area contributed by atoms with E-state index >= 15 is 0 Å². The molecule has 0 radical (unpaired) electrons. The molecule has 20 heavy (non-hydrogen) atoms. The Labute approximate surface area is 122 Å². The van der Waals surface area contributed by atoms with Crippen LogP contribution >= 0.6 is 0 Å². The number of likely N-dealkylation sites (tertiary alicyclic amines) is 1. The molecule has 3 rings (SSSR count). The number of aromatic nitrogens is 1. The minimum atomic E-state index is 0.161. The predicted octanol–water partition coefficient (Wildman–Crippen LogP) is 3.43. The van der Waals surface area contributed by atoms with Crippen molar-refractivity contribution >= 4 is 0 Å². The van der Waals surface area contributed by atoms with Crippen molar-refractivity contribution in [2.24, 2.45) is 7.05 Å². The summed E-state index contributed by atoms with van der Waals surface area (Å²) in [5.41, 5.74) is 3.07. The maximum atomic E-state index is 2.61. The van der Waals surface area contributed by atoms with Crippen molar-refractivity contribution < 1.29 is 0 Å². The van der Waals surface area contributed by atoms with Gasteiger partial charge in [0.1, 0.15) is 0 Å². The van der Waals surface area contributed by atoms with Crippen molar-refractivity contribution in [1.29, 1.82) is 0 Å². The maximum Gasteiger partial charge on any atom is 0.0494 e.